The van der Waals surface area contributed by atoms with E-state index in [4.69, 9.17) is 0 Å². The molecule has 0 radical (unpaired) electrons. The van der Waals surface area contributed by atoms with Crippen LogP contribution in [-0.2, 0) is 6.54 Å². The Morgan fingerprint density at radius 2 is 2.21 bits per heavy atom. The molecular formula is C15H22FN3. The zero-order valence-corrected chi connectivity index (χ0v) is 11.7. The number of rotatable bonds is 3. The second kappa shape index (κ2) is 4.84. The molecule has 2 fully saturated rings. The zero-order chi connectivity index (χ0) is 13.5. The highest BCUT2D eigenvalue weighted by Gasteiger charge is 2.40. The SMILES string of the molecule is CC1(C)CN(Cc2cncc(F)c2)C(C2CC2)CN1. The molecule has 1 aliphatic heterocycles. The number of pyridine rings is 1. The maximum absolute atomic E-state index is 13.2. The average Bonchev–Trinajstić information content (AvgIpc) is 3.12. The van der Waals surface area contributed by atoms with Crippen molar-refractivity contribution >= 4 is 0 Å². The Balaban J connectivity index is 1.75. The minimum Gasteiger partial charge on any atom is -0.309 e. The quantitative estimate of drug-likeness (QED) is 0.906. The Morgan fingerprint density at radius 3 is 2.89 bits per heavy atom. The van der Waals surface area contributed by atoms with Gasteiger partial charge in [-0.1, -0.05) is 0 Å². The highest BCUT2D eigenvalue weighted by atomic mass is 19.1. The average molecular weight is 263 g/mol. The molecule has 3 nitrogen and oxygen atoms in total. The fourth-order valence-electron chi connectivity index (χ4n) is 3.09. The Morgan fingerprint density at radius 1 is 1.42 bits per heavy atom. The Kier molecular flexibility index (Phi) is 3.31. The summed E-state index contributed by atoms with van der Waals surface area (Å²) in [6.07, 6.45) is 5.72. The van der Waals surface area contributed by atoms with E-state index < -0.39 is 0 Å². The normalized spacial score (nSPS) is 27.4. The maximum Gasteiger partial charge on any atom is 0.141 e. The first-order valence-corrected chi connectivity index (χ1v) is 7.12. The van der Waals surface area contributed by atoms with Crippen molar-refractivity contribution in [2.45, 2.75) is 44.8 Å². The van der Waals surface area contributed by atoms with Gasteiger partial charge in [-0.3, -0.25) is 9.88 Å². The molecule has 1 atom stereocenters. The molecule has 1 saturated carbocycles. The van der Waals surface area contributed by atoms with Crippen LogP contribution in [0.3, 0.4) is 0 Å². The summed E-state index contributed by atoms with van der Waals surface area (Å²) in [4.78, 5) is 6.46. The second-order valence-electron chi connectivity index (χ2n) is 6.59. The van der Waals surface area contributed by atoms with Crippen LogP contribution >= 0.6 is 0 Å². The van der Waals surface area contributed by atoms with Gasteiger partial charge in [-0.2, -0.15) is 0 Å². The fraction of sp³-hybridized carbons (Fsp3) is 0.667. The third-order valence-electron chi connectivity index (χ3n) is 4.17. The van der Waals surface area contributed by atoms with Gasteiger partial charge in [0, 0.05) is 37.4 Å². The summed E-state index contributed by atoms with van der Waals surface area (Å²) in [5, 5.41) is 3.63. The number of hydrogen-bond acceptors (Lipinski definition) is 3. The molecule has 2 heterocycles. The fourth-order valence-corrected chi connectivity index (χ4v) is 3.09. The van der Waals surface area contributed by atoms with Gasteiger partial charge in [-0.05, 0) is 44.2 Å². The van der Waals surface area contributed by atoms with Crippen LogP contribution in [0.1, 0.15) is 32.3 Å². The number of halogens is 1. The van der Waals surface area contributed by atoms with E-state index in [0.29, 0.717) is 6.04 Å². The number of aromatic nitrogens is 1. The van der Waals surface area contributed by atoms with Crippen LogP contribution in [0.2, 0.25) is 0 Å². The number of nitrogens with one attached hydrogen (secondary N) is 1. The van der Waals surface area contributed by atoms with Crippen LogP contribution in [0.15, 0.2) is 18.5 Å². The molecule has 0 spiro atoms. The molecule has 1 aromatic rings. The van der Waals surface area contributed by atoms with Crippen LogP contribution in [-0.4, -0.2) is 34.6 Å². The van der Waals surface area contributed by atoms with Crippen molar-refractivity contribution in [1.82, 2.24) is 15.2 Å². The first-order valence-electron chi connectivity index (χ1n) is 7.12. The van der Waals surface area contributed by atoms with Crippen molar-refractivity contribution in [3.8, 4) is 0 Å². The summed E-state index contributed by atoms with van der Waals surface area (Å²) in [5.74, 6) is 0.583. The van der Waals surface area contributed by atoms with E-state index in [0.717, 1.165) is 31.1 Å². The maximum atomic E-state index is 13.2. The van der Waals surface area contributed by atoms with Gasteiger partial charge in [0.05, 0.1) is 6.20 Å². The minimum absolute atomic E-state index is 0.131. The highest BCUT2D eigenvalue weighted by Crippen LogP contribution is 2.37. The van der Waals surface area contributed by atoms with Gasteiger partial charge in [-0.25, -0.2) is 4.39 Å². The van der Waals surface area contributed by atoms with Crippen molar-refractivity contribution in [1.29, 1.82) is 0 Å². The lowest BCUT2D eigenvalue weighted by molar-refractivity contribution is 0.0758. The number of nitrogens with zero attached hydrogens (tertiary/aromatic N) is 2. The molecule has 1 unspecified atom stereocenters. The van der Waals surface area contributed by atoms with Gasteiger partial charge in [0.2, 0.25) is 0 Å². The predicted octanol–water partition coefficient (Wildman–Crippen LogP) is 2.18. The number of piperazine rings is 1. The molecule has 1 aromatic heterocycles. The van der Waals surface area contributed by atoms with E-state index in [-0.39, 0.29) is 11.4 Å². The molecule has 2 aliphatic rings. The summed E-state index contributed by atoms with van der Waals surface area (Å²) in [7, 11) is 0. The van der Waals surface area contributed by atoms with Crippen LogP contribution in [0.4, 0.5) is 4.39 Å². The van der Waals surface area contributed by atoms with Crippen molar-refractivity contribution in [3.63, 3.8) is 0 Å². The minimum atomic E-state index is -0.241. The van der Waals surface area contributed by atoms with Gasteiger partial charge in [-0.15, -0.1) is 0 Å². The lowest BCUT2D eigenvalue weighted by atomic mass is 9.96. The van der Waals surface area contributed by atoms with E-state index in [1.807, 2.05) is 0 Å². The lowest BCUT2D eigenvalue weighted by Crippen LogP contribution is -2.61. The van der Waals surface area contributed by atoms with Gasteiger partial charge in [0.25, 0.3) is 0 Å². The molecule has 1 aliphatic carbocycles. The molecule has 1 saturated heterocycles. The third-order valence-corrected chi connectivity index (χ3v) is 4.17. The molecule has 0 amide bonds. The van der Waals surface area contributed by atoms with Crippen molar-refractivity contribution in [2.75, 3.05) is 13.1 Å². The molecular weight excluding hydrogens is 241 g/mol. The Hall–Kier alpha value is -1.00. The van der Waals surface area contributed by atoms with Crippen LogP contribution in [0.25, 0.3) is 0 Å². The highest BCUT2D eigenvalue weighted by molar-refractivity contribution is 5.11. The van der Waals surface area contributed by atoms with Crippen LogP contribution in [0.5, 0.6) is 0 Å². The predicted molar refractivity (Wildman–Crippen MR) is 73.2 cm³/mol. The summed E-state index contributed by atoms with van der Waals surface area (Å²) in [6.45, 7) is 7.31. The van der Waals surface area contributed by atoms with Gasteiger partial charge in [0.15, 0.2) is 0 Å². The standard InChI is InChI=1S/C15H22FN3/c1-15(2)10-19(14(8-18-15)12-3-4-12)9-11-5-13(16)7-17-6-11/h5-7,12,14,18H,3-4,8-10H2,1-2H3. The molecule has 1 N–H and O–H groups in total. The smallest absolute Gasteiger partial charge is 0.141 e. The summed E-state index contributed by atoms with van der Waals surface area (Å²) < 4.78 is 13.2. The van der Waals surface area contributed by atoms with E-state index >= 15 is 0 Å². The van der Waals surface area contributed by atoms with Gasteiger partial charge < -0.3 is 5.32 Å². The summed E-state index contributed by atoms with van der Waals surface area (Å²) in [5.41, 5.74) is 1.11. The van der Waals surface area contributed by atoms with Crippen LogP contribution < -0.4 is 5.32 Å². The van der Waals surface area contributed by atoms with Gasteiger partial charge in [0.1, 0.15) is 5.82 Å². The molecule has 0 aromatic carbocycles. The van der Waals surface area contributed by atoms with E-state index in [1.165, 1.54) is 19.0 Å². The van der Waals surface area contributed by atoms with Gasteiger partial charge >= 0.3 is 0 Å². The number of hydrogen-bond donors (Lipinski definition) is 1. The first kappa shape index (κ1) is 13.0. The molecule has 19 heavy (non-hydrogen) atoms. The summed E-state index contributed by atoms with van der Waals surface area (Å²) in [6, 6.07) is 2.20. The van der Waals surface area contributed by atoms with Crippen molar-refractivity contribution < 1.29 is 4.39 Å². The first-order chi connectivity index (χ1) is 9.03. The monoisotopic (exact) mass is 263 g/mol. The van der Waals surface area contributed by atoms with Crippen molar-refractivity contribution in [2.24, 2.45) is 5.92 Å². The molecule has 4 heteroatoms. The summed E-state index contributed by atoms with van der Waals surface area (Å²) >= 11 is 0. The Bertz CT molecular complexity index is 456. The molecule has 3 rings (SSSR count). The largest absolute Gasteiger partial charge is 0.309 e. The third kappa shape index (κ3) is 3.12. The second-order valence-corrected chi connectivity index (χ2v) is 6.59. The van der Waals surface area contributed by atoms with Crippen molar-refractivity contribution in [3.05, 3.63) is 29.8 Å². The van der Waals surface area contributed by atoms with E-state index in [1.54, 1.807) is 12.3 Å². The van der Waals surface area contributed by atoms with E-state index in [2.05, 4.69) is 29.0 Å². The molecule has 0 bridgehead atoms. The Labute approximate surface area is 114 Å². The topological polar surface area (TPSA) is 28.2 Å². The lowest BCUT2D eigenvalue weighted by Gasteiger charge is -2.45. The molecule has 104 valence electrons. The zero-order valence-electron chi connectivity index (χ0n) is 11.7. The van der Waals surface area contributed by atoms with Crippen LogP contribution in [0, 0.1) is 11.7 Å². The van der Waals surface area contributed by atoms with E-state index in [9.17, 15) is 4.39 Å².